The average molecular weight is 286 g/mol. The molecule has 0 aliphatic rings. The number of carboxylic acid groups (broad SMARTS) is 2. The van der Waals surface area contributed by atoms with Crippen LogP contribution in [0.1, 0.15) is 12.8 Å². The van der Waals surface area contributed by atoms with E-state index in [4.69, 9.17) is 10.2 Å². The highest BCUT2D eigenvalue weighted by Gasteiger charge is 2.00. The SMILES string of the molecule is O=C(O)/C=C/C(=O)OCCCCOC(=O)/C=C/C(=O)O. The molecule has 20 heavy (non-hydrogen) atoms. The number of ether oxygens (including phenoxy) is 2. The molecule has 0 saturated carbocycles. The van der Waals surface area contributed by atoms with Crippen LogP contribution in [0.2, 0.25) is 0 Å². The Morgan fingerprint density at radius 3 is 1.35 bits per heavy atom. The van der Waals surface area contributed by atoms with Gasteiger partial charge in [0.25, 0.3) is 0 Å². The van der Waals surface area contributed by atoms with Gasteiger partial charge in [-0.2, -0.15) is 0 Å². The number of hydrogen-bond acceptors (Lipinski definition) is 6. The average Bonchev–Trinajstić information content (AvgIpc) is 2.37. The number of rotatable bonds is 9. The van der Waals surface area contributed by atoms with Gasteiger partial charge in [-0.15, -0.1) is 0 Å². The second kappa shape index (κ2) is 10.3. The highest BCUT2D eigenvalue weighted by atomic mass is 16.5. The summed E-state index contributed by atoms with van der Waals surface area (Å²) in [5.41, 5.74) is 0. The summed E-state index contributed by atoms with van der Waals surface area (Å²) in [6, 6.07) is 0. The van der Waals surface area contributed by atoms with Crippen molar-refractivity contribution < 1.29 is 38.9 Å². The Bertz CT molecular complexity index is 381. The van der Waals surface area contributed by atoms with Gasteiger partial charge in [-0.25, -0.2) is 19.2 Å². The van der Waals surface area contributed by atoms with E-state index in [1.807, 2.05) is 0 Å². The number of esters is 2. The molecule has 0 spiro atoms. The molecule has 0 saturated heterocycles. The molecule has 0 rings (SSSR count). The van der Waals surface area contributed by atoms with Gasteiger partial charge in [0.05, 0.1) is 13.2 Å². The maximum atomic E-state index is 10.9. The van der Waals surface area contributed by atoms with Crippen molar-refractivity contribution in [3.05, 3.63) is 24.3 Å². The van der Waals surface area contributed by atoms with Gasteiger partial charge in [0, 0.05) is 24.3 Å². The van der Waals surface area contributed by atoms with Crippen LogP contribution in [0.25, 0.3) is 0 Å². The van der Waals surface area contributed by atoms with Crippen LogP contribution < -0.4 is 0 Å². The molecule has 0 amide bonds. The smallest absolute Gasteiger partial charge is 0.331 e. The largest absolute Gasteiger partial charge is 0.478 e. The fourth-order valence-corrected chi connectivity index (χ4v) is 0.925. The minimum absolute atomic E-state index is 0.0608. The summed E-state index contributed by atoms with van der Waals surface area (Å²) in [6.07, 6.45) is 3.75. The van der Waals surface area contributed by atoms with Gasteiger partial charge in [-0.1, -0.05) is 0 Å². The van der Waals surface area contributed by atoms with Crippen molar-refractivity contribution in [2.75, 3.05) is 13.2 Å². The van der Waals surface area contributed by atoms with Crippen molar-refractivity contribution in [1.82, 2.24) is 0 Å². The van der Waals surface area contributed by atoms with Crippen LogP contribution in [0.3, 0.4) is 0 Å². The standard InChI is InChI=1S/C12H14O8/c13-9(14)3-5-11(17)19-7-1-2-8-20-12(18)6-4-10(15)16/h3-6H,1-2,7-8H2,(H,13,14)(H,15,16)/b5-3+,6-4+. The molecular formula is C12H14O8. The number of carboxylic acids is 2. The van der Waals surface area contributed by atoms with E-state index in [-0.39, 0.29) is 13.2 Å². The van der Waals surface area contributed by atoms with E-state index in [1.54, 1.807) is 0 Å². The second-order valence-corrected chi connectivity index (χ2v) is 3.39. The molecule has 0 unspecified atom stereocenters. The Morgan fingerprint density at radius 2 is 1.05 bits per heavy atom. The van der Waals surface area contributed by atoms with Gasteiger partial charge in [-0.3, -0.25) is 0 Å². The minimum atomic E-state index is -1.25. The van der Waals surface area contributed by atoms with E-state index in [2.05, 4.69) is 9.47 Å². The molecule has 2 N–H and O–H groups in total. The Kier molecular flexibility index (Phi) is 8.94. The van der Waals surface area contributed by atoms with Gasteiger partial charge in [-0.05, 0) is 12.8 Å². The molecule has 0 bridgehead atoms. The van der Waals surface area contributed by atoms with E-state index in [9.17, 15) is 19.2 Å². The number of carbonyl (C=O) groups excluding carboxylic acids is 2. The molecule has 110 valence electrons. The highest BCUT2D eigenvalue weighted by molar-refractivity contribution is 5.91. The molecule has 0 aromatic carbocycles. The lowest BCUT2D eigenvalue weighted by Gasteiger charge is -2.02. The lowest BCUT2D eigenvalue weighted by atomic mass is 10.3. The van der Waals surface area contributed by atoms with Gasteiger partial charge in [0.15, 0.2) is 0 Å². The normalized spacial score (nSPS) is 10.6. The van der Waals surface area contributed by atoms with E-state index in [0.717, 1.165) is 12.2 Å². The Labute approximate surface area is 114 Å². The zero-order valence-corrected chi connectivity index (χ0v) is 10.5. The van der Waals surface area contributed by atoms with Crippen LogP contribution in [0, 0.1) is 0 Å². The Balaban J connectivity index is 3.58. The summed E-state index contributed by atoms with van der Waals surface area (Å²) < 4.78 is 9.31. The van der Waals surface area contributed by atoms with Gasteiger partial charge >= 0.3 is 23.9 Å². The quantitative estimate of drug-likeness (QED) is 0.348. The molecule has 0 aromatic rings. The van der Waals surface area contributed by atoms with Crippen LogP contribution in [0.15, 0.2) is 24.3 Å². The fraction of sp³-hybridized carbons (Fsp3) is 0.333. The summed E-state index contributed by atoms with van der Waals surface area (Å²) in [4.78, 5) is 42.0. The first-order valence-corrected chi connectivity index (χ1v) is 5.57. The first-order chi connectivity index (χ1) is 9.41. The van der Waals surface area contributed by atoms with Crippen molar-refractivity contribution in [2.24, 2.45) is 0 Å². The van der Waals surface area contributed by atoms with Crippen molar-refractivity contribution in [2.45, 2.75) is 12.8 Å². The molecule has 0 heterocycles. The first kappa shape index (κ1) is 17.4. The third-order valence-corrected chi connectivity index (χ3v) is 1.75. The van der Waals surface area contributed by atoms with Crippen molar-refractivity contribution in [1.29, 1.82) is 0 Å². The monoisotopic (exact) mass is 286 g/mol. The number of aliphatic carboxylic acids is 2. The second-order valence-electron chi connectivity index (χ2n) is 3.39. The molecule has 8 nitrogen and oxygen atoms in total. The van der Waals surface area contributed by atoms with Crippen LogP contribution in [0.4, 0.5) is 0 Å². The van der Waals surface area contributed by atoms with Crippen LogP contribution in [-0.4, -0.2) is 47.3 Å². The summed E-state index contributed by atoms with van der Waals surface area (Å²) in [7, 11) is 0. The highest BCUT2D eigenvalue weighted by Crippen LogP contribution is 1.94. The Morgan fingerprint density at radius 1 is 0.700 bits per heavy atom. The number of carbonyl (C=O) groups is 4. The predicted octanol–water partition coefficient (Wildman–Crippen LogP) is 0.135. The minimum Gasteiger partial charge on any atom is -0.478 e. The van der Waals surface area contributed by atoms with Gasteiger partial charge < -0.3 is 19.7 Å². The lowest BCUT2D eigenvalue weighted by Crippen LogP contribution is -2.06. The topological polar surface area (TPSA) is 127 Å². The van der Waals surface area contributed by atoms with E-state index < -0.39 is 23.9 Å². The van der Waals surface area contributed by atoms with Crippen molar-refractivity contribution in [3.8, 4) is 0 Å². The molecule has 0 atom stereocenters. The molecule has 0 radical (unpaired) electrons. The van der Waals surface area contributed by atoms with E-state index in [1.165, 1.54) is 0 Å². The maximum Gasteiger partial charge on any atom is 0.331 e. The summed E-state index contributed by atoms with van der Waals surface area (Å²) >= 11 is 0. The van der Waals surface area contributed by atoms with Gasteiger partial charge in [0.1, 0.15) is 0 Å². The number of hydrogen-bond donors (Lipinski definition) is 2. The van der Waals surface area contributed by atoms with Gasteiger partial charge in [0.2, 0.25) is 0 Å². The third-order valence-electron chi connectivity index (χ3n) is 1.75. The van der Waals surface area contributed by atoms with E-state index >= 15 is 0 Å². The fourth-order valence-electron chi connectivity index (χ4n) is 0.925. The molecule has 0 aliphatic carbocycles. The Hall–Kier alpha value is -2.64. The predicted molar refractivity (Wildman–Crippen MR) is 64.7 cm³/mol. The maximum absolute atomic E-state index is 10.9. The molecule has 0 aromatic heterocycles. The summed E-state index contributed by atoms with van der Waals surface area (Å²) in [6.45, 7) is 0.122. The zero-order chi connectivity index (χ0) is 15.4. The first-order valence-electron chi connectivity index (χ1n) is 5.57. The van der Waals surface area contributed by atoms with E-state index in [0.29, 0.717) is 25.0 Å². The van der Waals surface area contributed by atoms with Crippen LogP contribution in [0.5, 0.6) is 0 Å². The molecule has 8 heteroatoms. The van der Waals surface area contributed by atoms with Crippen LogP contribution in [-0.2, 0) is 28.7 Å². The molecule has 0 aliphatic heterocycles. The third kappa shape index (κ3) is 11.8. The summed E-state index contributed by atoms with van der Waals surface area (Å²) in [5.74, 6) is -4.03. The number of unbranched alkanes of at least 4 members (excludes halogenated alkanes) is 1. The lowest BCUT2D eigenvalue weighted by molar-refractivity contribution is -0.140. The van der Waals surface area contributed by atoms with Crippen molar-refractivity contribution in [3.63, 3.8) is 0 Å². The van der Waals surface area contributed by atoms with Crippen molar-refractivity contribution >= 4 is 23.9 Å². The molecular weight excluding hydrogens is 272 g/mol. The zero-order valence-electron chi connectivity index (χ0n) is 10.5. The summed E-state index contributed by atoms with van der Waals surface area (Å²) in [5, 5.41) is 16.5. The van der Waals surface area contributed by atoms with Crippen LogP contribution >= 0.6 is 0 Å². The molecule has 0 fully saturated rings.